The zero-order chi connectivity index (χ0) is 16.8. The van der Waals surface area contributed by atoms with Gasteiger partial charge in [0.1, 0.15) is 17.6 Å². The molecule has 1 aliphatic heterocycles. The standard InChI is InChI=1S/C19H22N2O3/c1-2-23-18-8-4-3-7-17(18)19(22)21-12-9-15(10-13-21)24-16-6-5-11-20-14-16/h3-8,11,14-15H,2,9-10,12-13H2,1H3. The largest absolute Gasteiger partial charge is 0.493 e. The van der Waals surface area contributed by atoms with Gasteiger partial charge in [0.15, 0.2) is 0 Å². The number of para-hydroxylation sites is 1. The van der Waals surface area contributed by atoms with Gasteiger partial charge in [0, 0.05) is 32.1 Å². The first-order valence-corrected chi connectivity index (χ1v) is 8.35. The summed E-state index contributed by atoms with van der Waals surface area (Å²) in [5.74, 6) is 1.46. The molecule has 0 saturated carbocycles. The molecule has 0 bridgehead atoms. The number of rotatable bonds is 5. The Morgan fingerprint density at radius 3 is 2.71 bits per heavy atom. The highest BCUT2D eigenvalue weighted by atomic mass is 16.5. The minimum Gasteiger partial charge on any atom is -0.493 e. The number of amides is 1. The van der Waals surface area contributed by atoms with Gasteiger partial charge in [0.2, 0.25) is 0 Å². The van der Waals surface area contributed by atoms with Crippen molar-refractivity contribution < 1.29 is 14.3 Å². The van der Waals surface area contributed by atoms with Crippen molar-refractivity contribution in [2.45, 2.75) is 25.9 Å². The van der Waals surface area contributed by atoms with Gasteiger partial charge >= 0.3 is 0 Å². The highest BCUT2D eigenvalue weighted by Crippen LogP contribution is 2.23. The first-order valence-electron chi connectivity index (χ1n) is 8.35. The Kier molecular flexibility index (Phi) is 5.31. The van der Waals surface area contributed by atoms with Gasteiger partial charge in [-0.05, 0) is 31.2 Å². The molecular weight excluding hydrogens is 304 g/mol. The third-order valence-corrected chi connectivity index (χ3v) is 4.08. The number of benzene rings is 1. The third kappa shape index (κ3) is 3.85. The van der Waals surface area contributed by atoms with Gasteiger partial charge in [0.05, 0.1) is 18.4 Å². The normalized spacial score (nSPS) is 15.1. The fraction of sp³-hybridized carbons (Fsp3) is 0.368. The van der Waals surface area contributed by atoms with E-state index in [0.29, 0.717) is 31.0 Å². The van der Waals surface area contributed by atoms with Crippen LogP contribution in [0.1, 0.15) is 30.1 Å². The van der Waals surface area contributed by atoms with E-state index in [1.54, 1.807) is 12.4 Å². The topological polar surface area (TPSA) is 51.7 Å². The number of hydrogen-bond donors (Lipinski definition) is 0. The summed E-state index contributed by atoms with van der Waals surface area (Å²) in [7, 11) is 0. The number of carbonyl (C=O) groups excluding carboxylic acids is 1. The van der Waals surface area contributed by atoms with Crippen LogP contribution in [-0.2, 0) is 0 Å². The molecule has 1 amide bonds. The second-order valence-electron chi connectivity index (χ2n) is 5.73. The van der Waals surface area contributed by atoms with Crippen LogP contribution in [0.25, 0.3) is 0 Å². The van der Waals surface area contributed by atoms with Gasteiger partial charge < -0.3 is 14.4 Å². The summed E-state index contributed by atoms with van der Waals surface area (Å²) < 4.78 is 11.5. The lowest BCUT2D eigenvalue weighted by atomic mass is 10.1. The van der Waals surface area contributed by atoms with Crippen molar-refractivity contribution in [3.63, 3.8) is 0 Å². The first-order chi connectivity index (χ1) is 11.8. The van der Waals surface area contributed by atoms with Crippen LogP contribution in [0.2, 0.25) is 0 Å². The Morgan fingerprint density at radius 2 is 2.00 bits per heavy atom. The van der Waals surface area contributed by atoms with E-state index in [1.807, 2.05) is 48.2 Å². The SMILES string of the molecule is CCOc1ccccc1C(=O)N1CCC(Oc2cccnc2)CC1. The van der Waals surface area contributed by atoms with E-state index in [0.717, 1.165) is 18.6 Å². The summed E-state index contributed by atoms with van der Waals surface area (Å²) in [6.45, 7) is 3.84. The van der Waals surface area contributed by atoms with Crippen LogP contribution in [0, 0.1) is 0 Å². The van der Waals surface area contributed by atoms with Gasteiger partial charge in [-0.15, -0.1) is 0 Å². The van der Waals surface area contributed by atoms with Crippen LogP contribution in [0.5, 0.6) is 11.5 Å². The molecule has 2 aromatic rings. The second kappa shape index (κ2) is 7.81. The Labute approximate surface area is 142 Å². The van der Waals surface area contributed by atoms with Crippen molar-refractivity contribution in [2.75, 3.05) is 19.7 Å². The summed E-state index contributed by atoms with van der Waals surface area (Å²) in [6, 6.07) is 11.2. The second-order valence-corrected chi connectivity index (χ2v) is 5.73. The zero-order valence-corrected chi connectivity index (χ0v) is 13.9. The molecule has 1 saturated heterocycles. The summed E-state index contributed by atoms with van der Waals surface area (Å²) in [4.78, 5) is 18.7. The first kappa shape index (κ1) is 16.3. The molecule has 0 aliphatic carbocycles. The van der Waals surface area contributed by atoms with E-state index < -0.39 is 0 Å². The minimum atomic E-state index is 0.0267. The number of likely N-dealkylation sites (tertiary alicyclic amines) is 1. The summed E-state index contributed by atoms with van der Waals surface area (Å²) in [5, 5.41) is 0. The van der Waals surface area contributed by atoms with Gasteiger partial charge in [-0.25, -0.2) is 0 Å². The summed E-state index contributed by atoms with van der Waals surface area (Å²) in [6.07, 6.45) is 5.20. The lowest BCUT2D eigenvalue weighted by Crippen LogP contribution is -2.41. The monoisotopic (exact) mass is 326 g/mol. The molecule has 0 radical (unpaired) electrons. The fourth-order valence-corrected chi connectivity index (χ4v) is 2.88. The van der Waals surface area contributed by atoms with Gasteiger partial charge in [0.25, 0.3) is 5.91 Å². The summed E-state index contributed by atoms with van der Waals surface area (Å²) in [5.41, 5.74) is 0.631. The molecule has 0 atom stereocenters. The molecule has 0 unspecified atom stereocenters. The van der Waals surface area contributed by atoms with Crippen molar-refractivity contribution in [3.8, 4) is 11.5 Å². The highest BCUT2D eigenvalue weighted by Gasteiger charge is 2.26. The van der Waals surface area contributed by atoms with E-state index in [-0.39, 0.29) is 12.0 Å². The number of ether oxygens (including phenoxy) is 2. The third-order valence-electron chi connectivity index (χ3n) is 4.08. The zero-order valence-electron chi connectivity index (χ0n) is 13.9. The summed E-state index contributed by atoms with van der Waals surface area (Å²) >= 11 is 0. The van der Waals surface area contributed by atoms with Crippen molar-refractivity contribution in [1.29, 1.82) is 0 Å². The van der Waals surface area contributed by atoms with E-state index in [1.165, 1.54) is 0 Å². The lowest BCUT2D eigenvalue weighted by molar-refractivity contribution is 0.0591. The average Bonchev–Trinajstić information content (AvgIpc) is 2.63. The van der Waals surface area contributed by atoms with Gasteiger partial charge in [-0.3, -0.25) is 9.78 Å². The van der Waals surface area contributed by atoms with Gasteiger partial charge in [-0.2, -0.15) is 0 Å². The maximum absolute atomic E-state index is 12.8. The Balaban J connectivity index is 1.59. The molecule has 126 valence electrons. The van der Waals surface area contributed by atoms with Crippen LogP contribution in [0.3, 0.4) is 0 Å². The number of hydrogen-bond acceptors (Lipinski definition) is 4. The number of aromatic nitrogens is 1. The predicted molar refractivity (Wildman–Crippen MR) is 91.4 cm³/mol. The molecule has 1 fully saturated rings. The lowest BCUT2D eigenvalue weighted by Gasteiger charge is -2.32. The van der Waals surface area contributed by atoms with Crippen molar-refractivity contribution >= 4 is 5.91 Å². The molecule has 1 aliphatic rings. The Hall–Kier alpha value is -2.56. The molecule has 5 heteroatoms. The van der Waals surface area contributed by atoms with E-state index in [9.17, 15) is 4.79 Å². The molecule has 2 heterocycles. The molecular formula is C19H22N2O3. The number of piperidine rings is 1. The van der Waals surface area contributed by atoms with Crippen molar-refractivity contribution in [1.82, 2.24) is 9.88 Å². The quantitative estimate of drug-likeness (QED) is 0.847. The molecule has 5 nitrogen and oxygen atoms in total. The highest BCUT2D eigenvalue weighted by molar-refractivity contribution is 5.97. The van der Waals surface area contributed by atoms with Gasteiger partial charge in [-0.1, -0.05) is 12.1 Å². The van der Waals surface area contributed by atoms with Crippen LogP contribution < -0.4 is 9.47 Å². The van der Waals surface area contributed by atoms with Crippen LogP contribution in [-0.4, -0.2) is 41.6 Å². The number of pyridine rings is 1. The van der Waals surface area contributed by atoms with Crippen molar-refractivity contribution in [2.24, 2.45) is 0 Å². The minimum absolute atomic E-state index is 0.0267. The molecule has 0 N–H and O–H groups in total. The van der Waals surface area contributed by atoms with E-state index in [2.05, 4.69) is 4.98 Å². The fourth-order valence-electron chi connectivity index (χ4n) is 2.88. The van der Waals surface area contributed by atoms with Crippen LogP contribution >= 0.6 is 0 Å². The number of nitrogens with zero attached hydrogens (tertiary/aromatic N) is 2. The predicted octanol–water partition coefficient (Wildman–Crippen LogP) is 3.16. The maximum Gasteiger partial charge on any atom is 0.257 e. The average molecular weight is 326 g/mol. The molecule has 1 aromatic heterocycles. The maximum atomic E-state index is 12.8. The van der Waals surface area contributed by atoms with Crippen LogP contribution in [0.4, 0.5) is 0 Å². The Morgan fingerprint density at radius 1 is 1.21 bits per heavy atom. The smallest absolute Gasteiger partial charge is 0.257 e. The molecule has 24 heavy (non-hydrogen) atoms. The van der Waals surface area contributed by atoms with E-state index in [4.69, 9.17) is 9.47 Å². The molecule has 1 aromatic carbocycles. The van der Waals surface area contributed by atoms with Crippen molar-refractivity contribution in [3.05, 3.63) is 54.4 Å². The molecule has 3 rings (SSSR count). The van der Waals surface area contributed by atoms with Crippen LogP contribution in [0.15, 0.2) is 48.8 Å². The Bertz CT molecular complexity index is 667. The number of carbonyl (C=O) groups is 1. The molecule has 0 spiro atoms. The van der Waals surface area contributed by atoms with E-state index >= 15 is 0 Å².